The topological polar surface area (TPSA) is 83.5 Å². The average molecular weight is 310 g/mol. The third kappa shape index (κ3) is 5.35. The van der Waals surface area contributed by atoms with Crippen LogP contribution in [-0.4, -0.2) is 22.5 Å². The lowest BCUT2D eigenvalue weighted by atomic mass is 10.2. The first-order chi connectivity index (χ1) is 11.0. The molecule has 2 aromatic rings. The number of carbonyl (C=O) groups excluding carboxylic acids is 2. The molecule has 0 unspecified atom stereocenters. The molecule has 0 saturated carbocycles. The number of nitrogens with zero attached hydrogens (tertiary/aromatic N) is 2. The number of anilines is 1. The number of carbonyl (C=O) groups is 2. The van der Waals surface area contributed by atoms with E-state index in [1.165, 1.54) is 6.20 Å². The van der Waals surface area contributed by atoms with Gasteiger partial charge in [-0.05, 0) is 38.1 Å². The van der Waals surface area contributed by atoms with Crippen LogP contribution in [0.25, 0.3) is 0 Å². The maximum absolute atomic E-state index is 11.9. The van der Waals surface area contributed by atoms with Crippen LogP contribution in [0, 0.1) is 6.92 Å². The van der Waals surface area contributed by atoms with Crippen LogP contribution in [0.2, 0.25) is 0 Å². The second-order valence-corrected chi connectivity index (χ2v) is 5.12. The minimum absolute atomic E-state index is 0.0984. The fourth-order valence-electron chi connectivity index (χ4n) is 1.82. The second kappa shape index (κ2) is 7.84. The van der Waals surface area contributed by atoms with Gasteiger partial charge in [0.25, 0.3) is 5.91 Å². The molecule has 0 aliphatic carbocycles. The molecule has 23 heavy (non-hydrogen) atoms. The monoisotopic (exact) mass is 310 g/mol. The fraction of sp³-hybridized carbons (Fsp3) is 0.176. The van der Waals surface area contributed by atoms with Crippen molar-refractivity contribution >= 4 is 23.2 Å². The van der Waals surface area contributed by atoms with E-state index in [2.05, 4.69) is 20.8 Å². The van der Waals surface area contributed by atoms with Gasteiger partial charge in [0.05, 0.1) is 12.0 Å². The van der Waals surface area contributed by atoms with Crippen molar-refractivity contribution < 1.29 is 9.59 Å². The molecule has 0 fully saturated rings. The molecule has 2 N–H and O–H groups in total. The normalized spacial score (nSPS) is 11.0. The number of aromatic nitrogens is 1. The number of hydrogen-bond acceptors (Lipinski definition) is 4. The van der Waals surface area contributed by atoms with Gasteiger partial charge in [-0.15, -0.1) is 0 Å². The Morgan fingerprint density at radius 3 is 2.57 bits per heavy atom. The van der Waals surface area contributed by atoms with Crippen LogP contribution in [0.4, 0.5) is 5.69 Å². The minimum atomic E-state index is -0.364. The van der Waals surface area contributed by atoms with E-state index in [-0.39, 0.29) is 18.2 Å². The van der Waals surface area contributed by atoms with E-state index in [1.54, 1.807) is 25.3 Å². The Morgan fingerprint density at radius 1 is 1.17 bits per heavy atom. The highest BCUT2D eigenvalue weighted by Crippen LogP contribution is 2.08. The number of aryl methyl sites for hydroxylation is 1. The number of amides is 2. The third-order valence-corrected chi connectivity index (χ3v) is 3.02. The minimum Gasteiger partial charge on any atom is -0.326 e. The van der Waals surface area contributed by atoms with Gasteiger partial charge >= 0.3 is 0 Å². The zero-order chi connectivity index (χ0) is 16.7. The molecule has 1 aromatic heterocycles. The number of pyridine rings is 1. The van der Waals surface area contributed by atoms with Gasteiger partial charge in [0, 0.05) is 23.8 Å². The molecular formula is C17H18N4O2. The molecule has 1 heterocycles. The first kappa shape index (κ1) is 16.4. The van der Waals surface area contributed by atoms with Crippen molar-refractivity contribution in [1.82, 2.24) is 10.4 Å². The van der Waals surface area contributed by atoms with Crippen LogP contribution in [0.3, 0.4) is 0 Å². The number of hydrogen-bond donors (Lipinski definition) is 2. The predicted octanol–water partition coefficient (Wildman–Crippen LogP) is 2.52. The molecule has 0 bridgehead atoms. The summed E-state index contributed by atoms with van der Waals surface area (Å²) in [5, 5.41) is 6.70. The number of nitrogens with one attached hydrogen (secondary N) is 2. The van der Waals surface area contributed by atoms with E-state index in [0.717, 1.165) is 11.3 Å². The number of rotatable bonds is 5. The number of benzene rings is 1. The summed E-state index contributed by atoms with van der Waals surface area (Å²) in [5.41, 5.74) is 5.17. The SMILES string of the molecule is C/C(CC(=O)Nc1ccc(C)cc1)=N\NC(=O)c1cccnc1. The van der Waals surface area contributed by atoms with E-state index in [1.807, 2.05) is 31.2 Å². The Kier molecular flexibility index (Phi) is 5.57. The van der Waals surface area contributed by atoms with E-state index in [9.17, 15) is 9.59 Å². The van der Waals surface area contributed by atoms with Gasteiger partial charge in [-0.1, -0.05) is 17.7 Å². The van der Waals surface area contributed by atoms with Gasteiger partial charge in [-0.3, -0.25) is 14.6 Å². The van der Waals surface area contributed by atoms with Crippen LogP contribution in [0.15, 0.2) is 53.9 Å². The quantitative estimate of drug-likeness (QED) is 0.657. The fourth-order valence-corrected chi connectivity index (χ4v) is 1.82. The molecule has 0 saturated heterocycles. The molecule has 0 aliphatic heterocycles. The second-order valence-electron chi connectivity index (χ2n) is 5.12. The Balaban J connectivity index is 1.85. The first-order valence-electron chi connectivity index (χ1n) is 7.14. The van der Waals surface area contributed by atoms with Crippen molar-refractivity contribution in [1.29, 1.82) is 0 Å². The molecule has 0 radical (unpaired) electrons. The van der Waals surface area contributed by atoms with Gasteiger partial charge in [0.2, 0.25) is 5.91 Å². The Bertz CT molecular complexity index is 709. The molecule has 118 valence electrons. The molecule has 6 nitrogen and oxygen atoms in total. The van der Waals surface area contributed by atoms with Crippen molar-refractivity contribution in [3.8, 4) is 0 Å². The Hall–Kier alpha value is -3.02. The van der Waals surface area contributed by atoms with Crippen LogP contribution >= 0.6 is 0 Å². The maximum Gasteiger partial charge on any atom is 0.272 e. The van der Waals surface area contributed by atoms with Crippen molar-refractivity contribution in [3.05, 3.63) is 59.9 Å². The molecular weight excluding hydrogens is 292 g/mol. The van der Waals surface area contributed by atoms with Crippen LogP contribution in [-0.2, 0) is 4.79 Å². The van der Waals surface area contributed by atoms with Gasteiger partial charge in [-0.2, -0.15) is 5.10 Å². The highest BCUT2D eigenvalue weighted by molar-refractivity contribution is 6.06. The lowest BCUT2D eigenvalue weighted by molar-refractivity contribution is -0.115. The van der Waals surface area contributed by atoms with Gasteiger partial charge in [0.1, 0.15) is 0 Å². The molecule has 0 atom stereocenters. The highest BCUT2D eigenvalue weighted by Gasteiger charge is 2.07. The zero-order valence-corrected chi connectivity index (χ0v) is 13.0. The highest BCUT2D eigenvalue weighted by atomic mass is 16.2. The summed E-state index contributed by atoms with van der Waals surface area (Å²) < 4.78 is 0. The standard InChI is InChI=1S/C17H18N4O2/c1-12-5-7-15(8-6-12)19-16(22)10-13(2)20-21-17(23)14-4-3-9-18-11-14/h3-9,11H,10H2,1-2H3,(H,19,22)(H,21,23)/b20-13+. The van der Waals surface area contributed by atoms with Crippen molar-refractivity contribution in [3.63, 3.8) is 0 Å². The summed E-state index contributed by atoms with van der Waals surface area (Å²) in [6.45, 7) is 3.66. The lowest BCUT2D eigenvalue weighted by Gasteiger charge is -2.06. The Labute approximate surface area is 134 Å². The number of hydrazone groups is 1. The van der Waals surface area contributed by atoms with E-state index < -0.39 is 0 Å². The van der Waals surface area contributed by atoms with Crippen LogP contribution in [0.5, 0.6) is 0 Å². The van der Waals surface area contributed by atoms with Gasteiger partial charge in [0.15, 0.2) is 0 Å². The molecule has 2 amide bonds. The lowest BCUT2D eigenvalue weighted by Crippen LogP contribution is -2.21. The van der Waals surface area contributed by atoms with Gasteiger partial charge in [-0.25, -0.2) is 5.43 Å². The third-order valence-electron chi connectivity index (χ3n) is 3.02. The summed E-state index contributed by atoms with van der Waals surface area (Å²) in [4.78, 5) is 27.6. The first-order valence-corrected chi connectivity index (χ1v) is 7.14. The predicted molar refractivity (Wildman–Crippen MR) is 89.2 cm³/mol. The maximum atomic E-state index is 11.9. The molecule has 6 heteroatoms. The summed E-state index contributed by atoms with van der Waals surface area (Å²) >= 11 is 0. The van der Waals surface area contributed by atoms with E-state index >= 15 is 0 Å². The summed E-state index contributed by atoms with van der Waals surface area (Å²) in [5.74, 6) is -0.554. The summed E-state index contributed by atoms with van der Waals surface area (Å²) in [6.07, 6.45) is 3.13. The van der Waals surface area contributed by atoms with E-state index in [4.69, 9.17) is 0 Å². The van der Waals surface area contributed by atoms with E-state index in [0.29, 0.717) is 11.3 Å². The zero-order valence-electron chi connectivity index (χ0n) is 13.0. The molecule has 2 rings (SSSR count). The molecule has 0 aliphatic rings. The summed E-state index contributed by atoms with van der Waals surface area (Å²) in [6, 6.07) is 10.8. The van der Waals surface area contributed by atoms with Crippen LogP contribution in [0.1, 0.15) is 29.3 Å². The summed E-state index contributed by atoms with van der Waals surface area (Å²) in [7, 11) is 0. The van der Waals surface area contributed by atoms with Crippen molar-refractivity contribution in [2.24, 2.45) is 5.10 Å². The van der Waals surface area contributed by atoms with Crippen molar-refractivity contribution in [2.45, 2.75) is 20.3 Å². The largest absolute Gasteiger partial charge is 0.326 e. The smallest absolute Gasteiger partial charge is 0.272 e. The van der Waals surface area contributed by atoms with Crippen LogP contribution < -0.4 is 10.7 Å². The van der Waals surface area contributed by atoms with Gasteiger partial charge < -0.3 is 5.32 Å². The molecule has 0 spiro atoms. The average Bonchev–Trinajstić information content (AvgIpc) is 2.55. The Morgan fingerprint density at radius 2 is 1.91 bits per heavy atom. The van der Waals surface area contributed by atoms with Crippen molar-refractivity contribution in [2.75, 3.05) is 5.32 Å². The molecule has 1 aromatic carbocycles.